The number of amides is 1. The first-order valence-corrected chi connectivity index (χ1v) is 10.9. The van der Waals surface area contributed by atoms with Crippen molar-refractivity contribution in [2.75, 3.05) is 5.73 Å². The molecule has 1 amide bonds. The van der Waals surface area contributed by atoms with E-state index in [4.69, 9.17) is 10.8 Å². The van der Waals surface area contributed by atoms with Crippen LogP contribution in [0.5, 0.6) is 0 Å². The van der Waals surface area contributed by atoms with Crippen molar-refractivity contribution in [2.24, 2.45) is 0 Å². The van der Waals surface area contributed by atoms with Gasteiger partial charge in [0.15, 0.2) is 0 Å². The molecule has 3 aromatic rings. The molecule has 0 bridgehead atoms. The highest BCUT2D eigenvalue weighted by Gasteiger charge is 2.23. The summed E-state index contributed by atoms with van der Waals surface area (Å²) in [5.41, 5.74) is 7.74. The summed E-state index contributed by atoms with van der Waals surface area (Å²) in [7, 11) is 0. The minimum Gasteiger partial charge on any atom is -0.481 e. The van der Waals surface area contributed by atoms with E-state index >= 15 is 0 Å². The summed E-state index contributed by atoms with van der Waals surface area (Å²) >= 11 is 1.34. The molecule has 0 aliphatic heterocycles. The number of aryl methyl sites for hydroxylation is 2. The highest BCUT2D eigenvalue weighted by Crippen LogP contribution is 2.19. The van der Waals surface area contributed by atoms with Crippen LogP contribution in [-0.4, -0.2) is 49.1 Å². The first-order valence-electron chi connectivity index (χ1n) is 9.92. The second-order valence-corrected chi connectivity index (χ2v) is 8.07. The van der Waals surface area contributed by atoms with Gasteiger partial charge in [-0.05, 0) is 49.1 Å². The van der Waals surface area contributed by atoms with Crippen LogP contribution >= 0.6 is 11.3 Å². The molecular weight excluding hydrogens is 438 g/mol. The molecule has 3 heterocycles. The Morgan fingerprint density at radius 2 is 1.91 bits per heavy atom. The number of anilines is 1. The summed E-state index contributed by atoms with van der Waals surface area (Å²) in [6.07, 6.45) is 2.30. The molecule has 0 radical (unpaired) electrons. The minimum absolute atomic E-state index is 0.0484. The van der Waals surface area contributed by atoms with Crippen molar-refractivity contribution in [2.45, 2.75) is 44.6 Å². The quantitative estimate of drug-likeness (QED) is 0.231. The average molecular weight is 462 g/mol. The normalized spacial score (nSPS) is 12.0. The topological polar surface area (TPSA) is 191 Å². The van der Waals surface area contributed by atoms with Gasteiger partial charge in [-0.2, -0.15) is 16.3 Å². The van der Waals surface area contributed by atoms with E-state index in [-0.39, 0.29) is 24.3 Å². The summed E-state index contributed by atoms with van der Waals surface area (Å²) in [6, 6.07) is 0.479. The fourth-order valence-corrected chi connectivity index (χ4v) is 4.21. The Bertz CT molecular complexity index is 1200. The first kappa shape index (κ1) is 23.0. The van der Waals surface area contributed by atoms with E-state index in [1.165, 1.54) is 11.3 Å². The minimum atomic E-state index is -1.27. The van der Waals surface area contributed by atoms with Gasteiger partial charge < -0.3 is 26.2 Å². The van der Waals surface area contributed by atoms with Crippen molar-refractivity contribution in [1.82, 2.24) is 20.3 Å². The smallest absolute Gasteiger partial charge is 0.326 e. The molecule has 7 N–H and O–H groups in total. The van der Waals surface area contributed by atoms with Crippen molar-refractivity contribution in [1.29, 1.82) is 0 Å². The number of thiophene rings is 1. The molecule has 0 aliphatic rings. The number of unbranched alkanes of at least 4 members (excludes halogenated alkanes) is 1. The number of nitrogen functional groups attached to an aromatic ring is 1. The number of carbonyl (C=O) groups excluding carboxylic acids is 1. The number of nitrogens with two attached hydrogens (primary N) is 1. The van der Waals surface area contributed by atoms with Gasteiger partial charge in [0.1, 0.15) is 11.7 Å². The van der Waals surface area contributed by atoms with Crippen molar-refractivity contribution >= 4 is 46.2 Å². The van der Waals surface area contributed by atoms with E-state index in [0.717, 1.165) is 24.1 Å². The van der Waals surface area contributed by atoms with E-state index in [0.29, 0.717) is 29.4 Å². The maximum atomic E-state index is 12.5. The Labute approximate surface area is 185 Å². The van der Waals surface area contributed by atoms with Crippen LogP contribution in [0.2, 0.25) is 0 Å². The molecule has 0 fully saturated rings. The van der Waals surface area contributed by atoms with E-state index in [9.17, 15) is 24.3 Å². The van der Waals surface area contributed by atoms with Gasteiger partial charge in [-0.1, -0.05) is 0 Å². The fourth-order valence-electron chi connectivity index (χ4n) is 3.33. The van der Waals surface area contributed by atoms with Gasteiger partial charge in [0.25, 0.3) is 11.5 Å². The van der Waals surface area contributed by atoms with Gasteiger partial charge >= 0.3 is 11.9 Å². The number of carboxylic acids is 2. The first-order chi connectivity index (χ1) is 15.2. The Hall–Kier alpha value is -3.67. The molecule has 0 unspecified atom stereocenters. The zero-order valence-corrected chi connectivity index (χ0v) is 17.8. The highest BCUT2D eigenvalue weighted by atomic mass is 32.1. The summed E-state index contributed by atoms with van der Waals surface area (Å²) in [4.78, 5) is 56.0. The number of hydrogen-bond acceptors (Lipinski definition) is 7. The van der Waals surface area contributed by atoms with Crippen LogP contribution in [0.15, 0.2) is 21.6 Å². The van der Waals surface area contributed by atoms with E-state index in [2.05, 4.69) is 20.3 Å². The maximum Gasteiger partial charge on any atom is 0.326 e. The van der Waals surface area contributed by atoms with Crippen LogP contribution in [0, 0.1) is 0 Å². The molecule has 3 rings (SSSR count). The summed E-state index contributed by atoms with van der Waals surface area (Å²) in [6.45, 7) is 0. The molecule has 0 aromatic carbocycles. The van der Waals surface area contributed by atoms with Gasteiger partial charge in [0.05, 0.1) is 10.9 Å². The lowest BCUT2D eigenvalue weighted by Crippen LogP contribution is -2.41. The standard InChI is InChI=1S/C20H23N5O6S/c21-20-24-16-12(17(28)25-20)7-11(22-16)4-2-1-3-10-8-32-9-13(10)18(29)23-14(19(30)31)5-6-15(26)27/h7-9,14H,1-6H2,(H,23,29)(H,26,27)(H,30,31)(H4,21,22,24,25,28)/t14-/m0/s1. The number of carbonyl (C=O) groups is 3. The van der Waals surface area contributed by atoms with E-state index in [1.807, 2.05) is 5.38 Å². The number of aromatic nitrogens is 3. The SMILES string of the molecule is Nc1nc2[nH]c(CCCCc3cscc3C(=O)N[C@@H](CCC(=O)O)C(=O)O)cc2c(=O)[nH]1. The number of rotatable bonds is 11. The van der Waals surface area contributed by atoms with Crippen molar-refractivity contribution in [3.63, 3.8) is 0 Å². The summed E-state index contributed by atoms with van der Waals surface area (Å²) in [5, 5.41) is 24.3. The fraction of sp³-hybridized carbons (Fsp3) is 0.350. The van der Waals surface area contributed by atoms with Crippen LogP contribution in [0.4, 0.5) is 5.95 Å². The maximum absolute atomic E-state index is 12.5. The Balaban J connectivity index is 1.55. The number of nitrogens with one attached hydrogen (secondary N) is 3. The molecule has 1 atom stereocenters. The van der Waals surface area contributed by atoms with Crippen LogP contribution < -0.4 is 16.6 Å². The second-order valence-electron chi connectivity index (χ2n) is 7.32. The third kappa shape index (κ3) is 5.72. The molecule has 32 heavy (non-hydrogen) atoms. The second kappa shape index (κ2) is 10.1. The van der Waals surface area contributed by atoms with Gasteiger partial charge in [0, 0.05) is 17.5 Å². The van der Waals surface area contributed by atoms with Crippen molar-refractivity contribution < 1.29 is 24.6 Å². The zero-order valence-electron chi connectivity index (χ0n) is 17.0. The predicted octanol–water partition coefficient (Wildman–Crippen LogP) is 1.51. The number of aromatic amines is 2. The summed E-state index contributed by atoms with van der Waals surface area (Å²) in [5.74, 6) is -2.88. The van der Waals surface area contributed by atoms with Crippen LogP contribution in [-0.2, 0) is 22.4 Å². The lowest BCUT2D eigenvalue weighted by molar-refractivity contribution is -0.140. The molecule has 0 saturated heterocycles. The third-order valence-electron chi connectivity index (χ3n) is 4.95. The molecular formula is C20H23N5O6S. The molecule has 12 heteroatoms. The van der Waals surface area contributed by atoms with Gasteiger partial charge in [-0.25, -0.2) is 4.79 Å². The van der Waals surface area contributed by atoms with Crippen LogP contribution in [0.3, 0.4) is 0 Å². The molecule has 11 nitrogen and oxygen atoms in total. The Morgan fingerprint density at radius 1 is 1.16 bits per heavy atom. The molecule has 170 valence electrons. The molecule has 0 saturated carbocycles. The van der Waals surface area contributed by atoms with E-state index < -0.39 is 23.9 Å². The largest absolute Gasteiger partial charge is 0.481 e. The van der Waals surface area contributed by atoms with Gasteiger partial charge in [0.2, 0.25) is 5.95 Å². The van der Waals surface area contributed by atoms with E-state index in [1.54, 1.807) is 11.4 Å². The highest BCUT2D eigenvalue weighted by molar-refractivity contribution is 7.08. The Morgan fingerprint density at radius 3 is 2.62 bits per heavy atom. The number of carboxylic acid groups (broad SMARTS) is 2. The van der Waals surface area contributed by atoms with Crippen LogP contribution in [0.25, 0.3) is 11.0 Å². The Kier molecular flexibility index (Phi) is 7.25. The lowest BCUT2D eigenvalue weighted by Gasteiger charge is -2.14. The zero-order chi connectivity index (χ0) is 23.3. The third-order valence-corrected chi connectivity index (χ3v) is 5.74. The van der Waals surface area contributed by atoms with Gasteiger partial charge in [-0.3, -0.25) is 19.4 Å². The molecule has 0 aliphatic carbocycles. The monoisotopic (exact) mass is 461 g/mol. The number of fused-ring (bicyclic) bond motifs is 1. The van der Waals surface area contributed by atoms with Crippen molar-refractivity contribution in [3.05, 3.63) is 44.0 Å². The number of hydrogen-bond donors (Lipinski definition) is 6. The average Bonchev–Trinajstić information content (AvgIpc) is 3.34. The number of nitrogens with zero attached hydrogens (tertiary/aromatic N) is 1. The van der Waals surface area contributed by atoms with Crippen LogP contribution in [0.1, 0.15) is 47.3 Å². The van der Waals surface area contributed by atoms with Crippen molar-refractivity contribution in [3.8, 4) is 0 Å². The lowest BCUT2D eigenvalue weighted by atomic mass is 10.0. The summed E-state index contributed by atoms with van der Waals surface area (Å²) < 4.78 is 0. The molecule has 3 aromatic heterocycles. The number of H-pyrrole nitrogens is 2. The molecule has 0 spiro atoms. The van der Waals surface area contributed by atoms with Gasteiger partial charge in [-0.15, -0.1) is 0 Å². The predicted molar refractivity (Wildman–Crippen MR) is 118 cm³/mol. The number of aliphatic carboxylic acids is 2.